The Morgan fingerprint density at radius 1 is 1.23 bits per heavy atom. The van der Waals surface area contributed by atoms with Gasteiger partial charge in [-0.15, -0.1) is 0 Å². The molecule has 0 aliphatic rings. The Kier molecular flexibility index (Phi) is 7.29. The largest absolute Gasteiger partial charge is 0.493 e. The van der Waals surface area contributed by atoms with E-state index < -0.39 is 6.10 Å². The number of nitrogens with one attached hydrogen (secondary N) is 1. The monoisotopic (exact) mass is 376 g/mol. The van der Waals surface area contributed by atoms with E-state index in [-0.39, 0.29) is 5.91 Å². The molecule has 7 heteroatoms. The van der Waals surface area contributed by atoms with Crippen LogP contribution in [0.1, 0.15) is 19.4 Å². The summed E-state index contributed by atoms with van der Waals surface area (Å²) in [4.78, 5) is 12.0. The van der Waals surface area contributed by atoms with Crippen molar-refractivity contribution in [3.05, 3.63) is 53.1 Å². The summed E-state index contributed by atoms with van der Waals surface area (Å²) in [6.45, 7) is 4.09. The second kappa shape index (κ2) is 9.68. The maximum absolute atomic E-state index is 12.0. The number of hydrogen-bond donors (Lipinski definition) is 1. The number of amides is 1. The molecule has 0 saturated heterocycles. The highest BCUT2D eigenvalue weighted by atomic mass is 35.5. The normalized spacial score (nSPS) is 11.8. The number of hydrogen-bond acceptors (Lipinski definition) is 5. The second-order valence-corrected chi connectivity index (χ2v) is 5.73. The van der Waals surface area contributed by atoms with E-state index in [1.807, 2.05) is 13.0 Å². The summed E-state index contributed by atoms with van der Waals surface area (Å²) in [6.07, 6.45) is 0.814. The standard InChI is InChI=1S/C19H21ClN2O4/c1-4-25-17-10-5-14(11-18(17)24-3)12-21-22-19(23)13(2)26-16-8-6-15(20)7-9-16/h5-13H,4H2,1-3H3,(H,22,23)/b21-12-/t13-/m1/s1. The number of benzene rings is 2. The maximum Gasteiger partial charge on any atom is 0.280 e. The zero-order valence-electron chi connectivity index (χ0n) is 14.9. The van der Waals surface area contributed by atoms with E-state index in [1.54, 1.807) is 50.4 Å². The fourth-order valence-corrected chi connectivity index (χ4v) is 2.20. The Bertz CT molecular complexity index is 763. The third kappa shape index (κ3) is 5.67. The summed E-state index contributed by atoms with van der Waals surface area (Å²) < 4.78 is 16.3. The Balaban J connectivity index is 1.92. The molecule has 0 saturated carbocycles. The highest BCUT2D eigenvalue weighted by molar-refractivity contribution is 6.30. The molecule has 1 N–H and O–H groups in total. The number of halogens is 1. The van der Waals surface area contributed by atoms with E-state index in [0.29, 0.717) is 28.9 Å². The van der Waals surface area contributed by atoms with E-state index in [1.165, 1.54) is 6.21 Å². The molecule has 0 aliphatic carbocycles. The summed E-state index contributed by atoms with van der Waals surface area (Å²) in [5.41, 5.74) is 3.21. The summed E-state index contributed by atoms with van der Waals surface area (Å²) in [5, 5.41) is 4.55. The first kappa shape index (κ1) is 19.6. The number of methoxy groups -OCH3 is 1. The summed E-state index contributed by atoms with van der Waals surface area (Å²) in [5.74, 6) is 1.44. The van der Waals surface area contributed by atoms with E-state index in [9.17, 15) is 4.79 Å². The fraction of sp³-hybridized carbons (Fsp3) is 0.263. The smallest absolute Gasteiger partial charge is 0.280 e. The molecule has 0 bridgehead atoms. The van der Waals surface area contributed by atoms with Gasteiger partial charge in [-0.2, -0.15) is 5.10 Å². The highest BCUT2D eigenvalue weighted by Gasteiger charge is 2.13. The zero-order valence-corrected chi connectivity index (χ0v) is 15.6. The molecular weight excluding hydrogens is 356 g/mol. The summed E-state index contributed by atoms with van der Waals surface area (Å²) in [7, 11) is 1.57. The molecule has 0 fully saturated rings. The molecule has 0 radical (unpaired) electrons. The van der Waals surface area contributed by atoms with Crippen LogP contribution in [0.25, 0.3) is 0 Å². The van der Waals surface area contributed by atoms with Crippen molar-refractivity contribution in [3.8, 4) is 17.2 Å². The van der Waals surface area contributed by atoms with Crippen molar-refractivity contribution in [1.82, 2.24) is 5.43 Å². The van der Waals surface area contributed by atoms with Crippen molar-refractivity contribution < 1.29 is 19.0 Å². The first-order valence-electron chi connectivity index (χ1n) is 8.09. The molecule has 0 unspecified atom stereocenters. The van der Waals surface area contributed by atoms with Crippen molar-refractivity contribution in [3.63, 3.8) is 0 Å². The van der Waals surface area contributed by atoms with Gasteiger partial charge in [-0.1, -0.05) is 11.6 Å². The molecule has 2 aromatic carbocycles. The van der Waals surface area contributed by atoms with Gasteiger partial charge in [-0.25, -0.2) is 5.43 Å². The van der Waals surface area contributed by atoms with Crippen LogP contribution < -0.4 is 19.6 Å². The topological polar surface area (TPSA) is 69.2 Å². The van der Waals surface area contributed by atoms with Crippen LogP contribution in [0.2, 0.25) is 5.02 Å². The lowest BCUT2D eigenvalue weighted by atomic mass is 10.2. The van der Waals surface area contributed by atoms with E-state index in [4.69, 9.17) is 25.8 Å². The van der Waals surface area contributed by atoms with Crippen LogP contribution in [0.5, 0.6) is 17.2 Å². The number of ether oxygens (including phenoxy) is 3. The number of rotatable bonds is 8. The third-order valence-electron chi connectivity index (χ3n) is 3.37. The van der Waals surface area contributed by atoms with Gasteiger partial charge in [0, 0.05) is 5.02 Å². The van der Waals surface area contributed by atoms with Crippen LogP contribution in [0.4, 0.5) is 0 Å². The first-order chi connectivity index (χ1) is 12.5. The minimum atomic E-state index is -0.705. The van der Waals surface area contributed by atoms with Crippen LogP contribution in [-0.2, 0) is 4.79 Å². The Morgan fingerprint density at radius 2 is 1.96 bits per heavy atom. The van der Waals surface area contributed by atoms with Gasteiger partial charge in [0.05, 0.1) is 19.9 Å². The molecule has 6 nitrogen and oxygen atoms in total. The lowest BCUT2D eigenvalue weighted by Gasteiger charge is -2.13. The molecule has 26 heavy (non-hydrogen) atoms. The quantitative estimate of drug-likeness (QED) is 0.563. The SMILES string of the molecule is CCOc1ccc(/C=N\NC(=O)[C@@H](C)Oc2ccc(Cl)cc2)cc1OC. The van der Waals surface area contributed by atoms with Crippen molar-refractivity contribution in [2.75, 3.05) is 13.7 Å². The molecule has 2 rings (SSSR count). The van der Waals surface area contributed by atoms with Crippen molar-refractivity contribution in [2.24, 2.45) is 5.10 Å². The van der Waals surface area contributed by atoms with Gasteiger partial charge in [-0.05, 0) is 61.9 Å². The molecule has 0 heterocycles. The van der Waals surface area contributed by atoms with E-state index >= 15 is 0 Å². The average molecular weight is 377 g/mol. The van der Waals surface area contributed by atoms with Crippen molar-refractivity contribution in [1.29, 1.82) is 0 Å². The zero-order chi connectivity index (χ0) is 18.9. The van der Waals surface area contributed by atoms with Crippen LogP contribution in [0, 0.1) is 0 Å². The van der Waals surface area contributed by atoms with Gasteiger partial charge in [0.2, 0.25) is 0 Å². The number of hydrazone groups is 1. The lowest BCUT2D eigenvalue weighted by Crippen LogP contribution is -2.33. The van der Waals surface area contributed by atoms with Gasteiger partial charge < -0.3 is 14.2 Å². The van der Waals surface area contributed by atoms with Gasteiger partial charge in [-0.3, -0.25) is 4.79 Å². The van der Waals surface area contributed by atoms with Crippen LogP contribution in [-0.4, -0.2) is 31.9 Å². The molecule has 1 atom stereocenters. The lowest BCUT2D eigenvalue weighted by molar-refractivity contribution is -0.127. The summed E-state index contributed by atoms with van der Waals surface area (Å²) >= 11 is 5.82. The Morgan fingerprint density at radius 3 is 2.62 bits per heavy atom. The predicted molar refractivity (Wildman–Crippen MR) is 101 cm³/mol. The maximum atomic E-state index is 12.0. The molecular formula is C19H21ClN2O4. The van der Waals surface area contributed by atoms with Crippen molar-refractivity contribution in [2.45, 2.75) is 20.0 Å². The van der Waals surface area contributed by atoms with Crippen molar-refractivity contribution >= 4 is 23.7 Å². The minimum Gasteiger partial charge on any atom is -0.493 e. The number of carbonyl (C=O) groups is 1. The Hall–Kier alpha value is -2.73. The van der Waals surface area contributed by atoms with E-state index in [0.717, 1.165) is 5.56 Å². The van der Waals surface area contributed by atoms with Gasteiger partial charge in [0.25, 0.3) is 5.91 Å². The van der Waals surface area contributed by atoms with Gasteiger partial charge in [0.1, 0.15) is 5.75 Å². The predicted octanol–water partition coefficient (Wildman–Crippen LogP) is 3.66. The average Bonchev–Trinajstić information content (AvgIpc) is 2.64. The molecule has 0 aliphatic heterocycles. The fourth-order valence-electron chi connectivity index (χ4n) is 2.07. The first-order valence-corrected chi connectivity index (χ1v) is 8.47. The number of nitrogens with zero attached hydrogens (tertiary/aromatic N) is 1. The van der Waals surface area contributed by atoms with Crippen LogP contribution in [0.15, 0.2) is 47.6 Å². The minimum absolute atomic E-state index is 0.367. The highest BCUT2D eigenvalue weighted by Crippen LogP contribution is 2.27. The third-order valence-corrected chi connectivity index (χ3v) is 3.62. The molecule has 2 aromatic rings. The summed E-state index contributed by atoms with van der Waals surface area (Å²) in [6, 6.07) is 12.2. The van der Waals surface area contributed by atoms with Gasteiger partial charge >= 0.3 is 0 Å². The molecule has 0 aromatic heterocycles. The van der Waals surface area contributed by atoms with Crippen LogP contribution in [0.3, 0.4) is 0 Å². The number of carbonyl (C=O) groups excluding carboxylic acids is 1. The molecule has 138 valence electrons. The molecule has 1 amide bonds. The van der Waals surface area contributed by atoms with E-state index in [2.05, 4.69) is 10.5 Å². The molecule has 0 spiro atoms. The van der Waals surface area contributed by atoms with Crippen LogP contribution >= 0.6 is 11.6 Å². The Labute approximate surface area is 157 Å². The second-order valence-electron chi connectivity index (χ2n) is 5.29. The van der Waals surface area contributed by atoms with Gasteiger partial charge in [0.15, 0.2) is 17.6 Å².